The normalized spacial score (nSPS) is 16.7. The van der Waals surface area contributed by atoms with Gasteiger partial charge in [0.05, 0.1) is 6.04 Å². The van der Waals surface area contributed by atoms with Gasteiger partial charge in [-0.2, -0.15) is 0 Å². The molecule has 2 rings (SSSR count). The summed E-state index contributed by atoms with van der Waals surface area (Å²) in [5.74, 6) is 0.275. The van der Waals surface area contributed by atoms with Crippen molar-refractivity contribution in [2.24, 2.45) is 5.92 Å². The van der Waals surface area contributed by atoms with Gasteiger partial charge in [0.15, 0.2) is 0 Å². The molecule has 24 heavy (non-hydrogen) atoms. The van der Waals surface area contributed by atoms with Gasteiger partial charge in [-0.15, -0.1) is 0 Å². The van der Waals surface area contributed by atoms with Gasteiger partial charge < -0.3 is 10.2 Å². The number of carbonyl (C=O) groups is 2. The number of piperidine rings is 1. The van der Waals surface area contributed by atoms with Crippen LogP contribution < -0.4 is 5.32 Å². The van der Waals surface area contributed by atoms with E-state index >= 15 is 0 Å². The van der Waals surface area contributed by atoms with Crippen LogP contribution in [-0.4, -0.2) is 29.8 Å². The van der Waals surface area contributed by atoms with Crippen LogP contribution in [0.15, 0.2) is 30.3 Å². The van der Waals surface area contributed by atoms with Crippen molar-refractivity contribution in [3.05, 3.63) is 35.9 Å². The van der Waals surface area contributed by atoms with Crippen molar-refractivity contribution in [2.75, 3.05) is 13.1 Å². The highest BCUT2D eigenvalue weighted by Gasteiger charge is 2.27. The third kappa shape index (κ3) is 5.36. The molecule has 1 heterocycles. The van der Waals surface area contributed by atoms with E-state index in [1.54, 1.807) is 6.92 Å². The average molecular weight is 330 g/mol. The van der Waals surface area contributed by atoms with Crippen molar-refractivity contribution in [1.82, 2.24) is 10.2 Å². The molecule has 0 saturated carbocycles. The zero-order valence-electron chi connectivity index (χ0n) is 15.0. The molecule has 1 saturated heterocycles. The number of hydrogen-bond acceptors (Lipinski definition) is 2. The van der Waals surface area contributed by atoms with Crippen LogP contribution in [0.2, 0.25) is 0 Å². The van der Waals surface area contributed by atoms with Crippen molar-refractivity contribution in [2.45, 2.75) is 58.4 Å². The van der Waals surface area contributed by atoms with Gasteiger partial charge in [0.1, 0.15) is 0 Å². The van der Waals surface area contributed by atoms with E-state index in [4.69, 9.17) is 0 Å². The second kappa shape index (κ2) is 9.45. The highest BCUT2D eigenvalue weighted by Crippen LogP contribution is 2.23. The van der Waals surface area contributed by atoms with Gasteiger partial charge in [0, 0.05) is 25.9 Å². The summed E-state index contributed by atoms with van der Waals surface area (Å²) >= 11 is 0. The highest BCUT2D eigenvalue weighted by molar-refractivity contribution is 5.80. The second-order valence-corrected chi connectivity index (χ2v) is 6.75. The number of unbranched alkanes of at least 4 members (excludes halogenated alkanes) is 2. The topological polar surface area (TPSA) is 49.4 Å². The lowest BCUT2D eigenvalue weighted by molar-refractivity contribution is -0.134. The molecule has 4 heteroatoms. The summed E-state index contributed by atoms with van der Waals surface area (Å²) < 4.78 is 0. The van der Waals surface area contributed by atoms with Crippen LogP contribution in [0.5, 0.6) is 0 Å². The van der Waals surface area contributed by atoms with Crippen LogP contribution in [0.3, 0.4) is 0 Å². The Morgan fingerprint density at radius 3 is 2.42 bits per heavy atom. The molecule has 2 amide bonds. The largest absolute Gasteiger partial charge is 0.349 e. The average Bonchev–Trinajstić information content (AvgIpc) is 2.61. The fraction of sp³-hybridized carbons (Fsp3) is 0.600. The van der Waals surface area contributed by atoms with Gasteiger partial charge in [-0.25, -0.2) is 0 Å². The molecular weight excluding hydrogens is 300 g/mol. The molecule has 0 aromatic heterocycles. The predicted molar refractivity (Wildman–Crippen MR) is 96.4 cm³/mol. The Bertz CT molecular complexity index is 522. The van der Waals surface area contributed by atoms with Crippen molar-refractivity contribution in [3.8, 4) is 0 Å². The maximum absolute atomic E-state index is 12.7. The van der Waals surface area contributed by atoms with Gasteiger partial charge in [-0.1, -0.05) is 56.5 Å². The van der Waals surface area contributed by atoms with Crippen LogP contribution in [0.4, 0.5) is 0 Å². The molecule has 1 aromatic rings. The first-order valence-electron chi connectivity index (χ1n) is 9.22. The Balaban J connectivity index is 1.93. The molecule has 0 spiro atoms. The quantitative estimate of drug-likeness (QED) is 0.775. The molecule has 1 aromatic carbocycles. The first-order chi connectivity index (χ1) is 11.6. The van der Waals surface area contributed by atoms with Crippen LogP contribution >= 0.6 is 0 Å². The summed E-state index contributed by atoms with van der Waals surface area (Å²) in [5, 5.41) is 3.26. The molecule has 0 radical (unpaired) electrons. The molecule has 0 aliphatic carbocycles. The van der Waals surface area contributed by atoms with Gasteiger partial charge in [0.2, 0.25) is 11.8 Å². The molecular formula is C20H30N2O2. The van der Waals surface area contributed by atoms with E-state index in [-0.39, 0.29) is 23.8 Å². The Hall–Kier alpha value is -1.84. The van der Waals surface area contributed by atoms with E-state index in [9.17, 15) is 9.59 Å². The predicted octanol–water partition coefficient (Wildman–Crippen LogP) is 3.68. The molecule has 132 valence electrons. The maximum Gasteiger partial charge on any atom is 0.223 e. The Labute approximate surface area is 145 Å². The summed E-state index contributed by atoms with van der Waals surface area (Å²) in [5.41, 5.74) is 1.18. The van der Waals surface area contributed by atoms with Crippen molar-refractivity contribution in [1.29, 1.82) is 0 Å². The summed E-state index contributed by atoms with van der Waals surface area (Å²) in [7, 11) is 0. The smallest absolute Gasteiger partial charge is 0.223 e. The lowest BCUT2D eigenvalue weighted by Gasteiger charge is -2.31. The summed E-state index contributed by atoms with van der Waals surface area (Å²) in [6, 6.07) is 10.3. The first kappa shape index (κ1) is 18.5. The number of nitrogens with zero attached hydrogens (tertiary/aromatic N) is 1. The Morgan fingerprint density at radius 2 is 1.83 bits per heavy atom. The minimum Gasteiger partial charge on any atom is -0.349 e. The van der Waals surface area contributed by atoms with Crippen LogP contribution in [-0.2, 0) is 9.59 Å². The second-order valence-electron chi connectivity index (χ2n) is 6.75. The number of benzene rings is 1. The van der Waals surface area contributed by atoms with Crippen LogP contribution in [0.25, 0.3) is 0 Å². The number of likely N-dealkylation sites (tertiary alicyclic amines) is 1. The minimum atomic E-state index is 0.0259. The third-order valence-electron chi connectivity index (χ3n) is 4.93. The fourth-order valence-electron chi connectivity index (χ4n) is 3.35. The van der Waals surface area contributed by atoms with Crippen molar-refractivity contribution < 1.29 is 9.59 Å². The van der Waals surface area contributed by atoms with E-state index in [2.05, 4.69) is 24.4 Å². The lowest BCUT2D eigenvalue weighted by atomic mass is 9.94. The Morgan fingerprint density at radius 1 is 1.17 bits per heavy atom. The van der Waals surface area contributed by atoms with E-state index in [0.717, 1.165) is 25.7 Å². The van der Waals surface area contributed by atoms with Crippen LogP contribution in [0.1, 0.15) is 64.0 Å². The van der Waals surface area contributed by atoms with Gasteiger partial charge in [-0.05, 0) is 24.8 Å². The van der Waals surface area contributed by atoms with Gasteiger partial charge in [-0.3, -0.25) is 9.59 Å². The van der Waals surface area contributed by atoms with E-state index < -0.39 is 0 Å². The Kier molecular flexibility index (Phi) is 7.29. The summed E-state index contributed by atoms with van der Waals surface area (Å²) in [4.78, 5) is 25.9. The zero-order chi connectivity index (χ0) is 17.4. The number of carbonyl (C=O) groups excluding carboxylic acids is 2. The number of hydrogen-bond donors (Lipinski definition) is 1. The van der Waals surface area contributed by atoms with E-state index in [1.165, 1.54) is 18.4 Å². The third-order valence-corrected chi connectivity index (χ3v) is 4.93. The van der Waals surface area contributed by atoms with Crippen LogP contribution in [0, 0.1) is 5.92 Å². The molecule has 1 N–H and O–H groups in total. The summed E-state index contributed by atoms with van der Waals surface area (Å²) in [6.07, 6.45) is 6.01. The summed E-state index contributed by atoms with van der Waals surface area (Å²) in [6.45, 7) is 5.18. The monoisotopic (exact) mass is 330 g/mol. The fourth-order valence-corrected chi connectivity index (χ4v) is 3.35. The number of amides is 2. The van der Waals surface area contributed by atoms with Gasteiger partial charge >= 0.3 is 0 Å². The molecule has 1 fully saturated rings. The molecule has 1 aliphatic rings. The molecule has 1 atom stereocenters. The van der Waals surface area contributed by atoms with Crippen molar-refractivity contribution >= 4 is 11.8 Å². The molecule has 0 bridgehead atoms. The van der Waals surface area contributed by atoms with E-state index in [0.29, 0.717) is 13.1 Å². The van der Waals surface area contributed by atoms with Crippen molar-refractivity contribution in [3.63, 3.8) is 0 Å². The zero-order valence-corrected chi connectivity index (χ0v) is 15.0. The number of nitrogens with one attached hydrogen (secondary N) is 1. The highest BCUT2D eigenvalue weighted by atomic mass is 16.2. The minimum absolute atomic E-state index is 0.0259. The SMILES string of the molecule is CCCCC[C@H](NC(=O)C1CCN(C(C)=O)CC1)c1ccccc1. The van der Waals surface area contributed by atoms with E-state index in [1.807, 2.05) is 23.1 Å². The van der Waals surface area contributed by atoms with Gasteiger partial charge in [0.25, 0.3) is 0 Å². The molecule has 4 nitrogen and oxygen atoms in total. The maximum atomic E-state index is 12.7. The first-order valence-corrected chi connectivity index (χ1v) is 9.22. The lowest BCUT2D eigenvalue weighted by Crippen LogP contribution is -2.43. The molecule has 0 unspecified atom stereocenters. The standard InChI is InChI=1S/C20H30N2O2/c1-3-4-6-11-19(17-9-7-5-8-10-17)21-20(24)18-12-14-22(15-13-18)16(2)23/h5,7-10,18-19H,3-4,6,11-15H2,1-2H3,(H,21,24)/t19-/m0/s1. The molecule has 1 aliphatic heterocycles. The number of rotatable bonds is 7.